The van der Waals surface area contributed by atoms with Crippen LogP contribution in [0.3, 0.4) is 0 Å². The Kier molecular flexibility index (Phi) is 5.54. The minimum Gasteiger partial charge on any atom is -0.309 e. The van der Waals surface area contributed by atoms with E-state index < -0.39 is 0 Å². The van der Waals surface area contributed by atoms with Gasteiger partial charge in [0.1, 0.15) is 0 Å². The van der Waals surface area contributed by atoms with E-state index >= 15 is 0 Å². The van der Waals surface area contributed by atoms with Crippen LogP contribution in [0.2, 0.25) is 0 Å². The fraction of sp³-hybridized carbons (Fsp3) is 0. The molecule has 0 aliphatic rings. The Morgan fingerprint density at radius 3 is 1.77 bits per heavy atom. The SMILES string of the molecule is c1ccc(-n2c3ccccc3c3cc(-c4c(-c5ccc6ccccc6c5)nc5n(-c6ccccc6)c6ccccc6n45)ccc32)cc1. The number of fused-ring (bicyclic) bond motifs is 7. The number of para-hydroxylation sites is 5. The van der Waals surface area contributed by atoms with Crippen molar-refractivity contribution in [2.24, 2.45) is 0 Å². The topological polar surface area (TPSA) is 27.2 Å². The highest BCUT2D eigenvalue weighted by Gasteiger charge is 2.24. The predicted octanol–water partition coefficient (Wildman–Crippen LogP) is 10.9. The smallest absolute Gasteiger partial charge is 0.220 e. The first-order valence-corrected chi connectivity index (χ1v) is 16.0. The minimum absolute atomic E-state index is 0.891. The van der Waals surface area contributed by atoms with Gasteiger partial charge in [0.15, 0.2) is 0 Å². The van der Waals surface area contributed by atoms with Gasteiger partial charge in [-0.2, -0.15) is 0 Å². The van der Waals surface area contributed by atoms with Gasteiger partial charge in [-0.05, 0) is 71.4 Å². The quantitative estimate of drug-likeness (QED) is 0.197. The maximum Gasteiger partial charge on any atom is 0.220 e. The normalized spacial score (nSPS) is 11.8. The summed E-state index contributed by atoms with van der Waals surface area (Å²) < 4.78 is 7.00. The van der Waals surface area contributed by atoms with Gasteiger partial charge in [0.05, 0.1) is 33.5 Å². The summed E-state index contributed by atoms with van der Waals surface area (Å²) in [5.74, 6) is 0.891. The molecule has 0 amide bonds. The van der Waals surface area contributed by atoms with Crippen molar-refractivity contribution in [2.75, 3.05) is 0 Å². The van der Waals surface area contributed by atoms with E-state index in [4.69, 9.17) is 4.98 Å². The third kappa shape index (κ3) is 3.85. The van der Waals surface area contributed by atoms with Crippen LogP contribution < -0.4 is 0 Å². The first-order chi connectivity index (χ1) is 23.3. The summed E-state index contributed by atoms with van der Waals surface area (Å²) in [6.07, 6.45) is 0. The molecular weight excluding hydrogens is 573 g/mol. The molecule has 47 heavy (non-hydrogen) atoms. The second-order valence-corrected chi connectivity index (χ2v) is 12.1. The highest BCUT2D eigenvalue weighted by atomic mass is 15.2. The van der Waals surface area contributed by atoms with Crippen LogP contribution in [-0.2, 0) is 0 Å². The number of nitrogens with zero attached hydrogens (tertiary/aromatic N) is 4. The van der Waals surface area contributed by atoms with Crippen molar-refractivity contribution in [3.63, 3.8) is 0 Å². The molecule has 220 valence electrons. The Morgan fingerprint density at radius 1 is 0.383 bits per heavy atom. The van der Waals surface area contributed by atoms with Gasteiger partial charge in [-0.1, -0.05) is 109 Å². The van der Waals surface area contributed by atoms with Gasteiger partial charge in [0.2, 0.25) is 5.78 Å². The highest BCUT2D eigenvalue weighted by Crippen LogP contribution is 2.41. The van der Waals surface area contributed by atoms with Crippen molar-refractivity contribution >= 4 is 49.4 Å². The zero-order valence-electron chi connectivity index (χ0n) is 25.5. The summed E-state index contributed by atoms with van der Waals surface area (Å²) in [6.45, 7) is 0. The van der Waals surface area contributed by atoms with Gasteiger partial charge in [0.25, 0.3) is 0 Å². The maximum absolute atomic E-state index is 5.50. The third-order valence-corrected chi connectivity index (χ3v) is 9.42. The maximum atomic E-state index is 5.50. The zero-order chi connectivity index (χ0) is 30.9. The Morgan fingerprint density at radius 2 is 0.979 bits per heavy atom. The first kappa shape index (κ1) is 25.9. The summed E-state index contributed by atoms with van der Waals surface area (Å²) in [5, 5.41) is 4.86. The van der Waals surface area contributed by atoms with Crippen LogP contribution in [-0.4, -0.2) is 18.5 Å². The first-order valence-electron chi connectivity index (χ1n) is 16.0. The standard InChI is InChI=1S/C43H28N4/c1-3-15-33(16-4-1)45-37-20-10-9-19-35(37)36-28-32(25-26-38(36)45)42-41(31-24-23-29-13-7-8-14-30(29)27-31)44-43-46(34-17-5-2-6-18-34)39-21-11-12-22-40(39)47(42)43/h1-28H. The average molecular weight is 601 g/mol. The van der Waals surface area contributed by atoms with Crippen LogP contribution in [0.1, 0.15) is 0 Å². The van der Waals surface area contributed by atoms with E-state index in [1.54, 1.807) is 0 Å². The summed E-state index contributed by atoms with van der Waals surface area (Å²) >= 11 is 0. The molecule has 3 aromatic heterocycles. The monoisotopic (exact) mass is 600 g/mol. The molecule has 0 saturated carbocycles. The van der Waals surface area contributed by atoms with Gasteiger partial charge in [-0.25, -0.2) is 4.98 Å². The molecule has 0 aliphatic carbocycles. The van der Waals surface area contributed by atoms with Gasteiger partial charge in [-0.15, -0.1) is 0 Å². The molecule has 0 unspecified atom stereocenters. The fourth-order valence-corrected chi connectivity index (χ4v) is 7.35. The predicted molar refractivity (Wildman–Crippen MR) is 195 cm³/mol. The Balaban J connectivity index is 1.33. The van der Waals surface area contributed by atoms with Crippen LogP contribution in [0.5, 0.6) is 0 Å². The van der Waals surface area contributed by atoms with E-state index in [-0.39, 0.29) is 0 Å². The van der Waals surface area contributed by atoms with Crippen molar-refractivity contribution in [3.05, 3.63) is 170 Å². The number of rotatable bonds is 4. The molecule has 10 rings (SSSR count). The molecule has 7 aromatic carbocycles. The molecule has 4 nitrogen and oxygen atoms in total. The van der Waals surface area contributed by atoms with Gasteiger partial charge in [-0.3, -0.25) is 8.97 Å². The highest BCUT2D eigenvalue weighted by molar-refractivity contribution is 6.11. The van der Waals surface area contributed by atoms with E-state index in [0.717, 1.165) is 50.7 Å². The van der Waals surface area contributed by atoms with Crippen molar-refractivity contribution < 1.29 is 0 Å². The summed E-state index contributed by atoms with van der Waals surface area (Å²) in [4.78, 5) is 5.50. The lowest BCUT2D eigenvalue weighted by atomic mass is 10.00. The van der Waals surface area contributed by atoms with Crippen molar-refractivity contribution in [1.29, 1.82) is 0 Å². The third-order valence-electron chi connectivity index (χ3n) is 9.42. The minimum atomic E-state index is 0.891. The van der Waals surface area contributed by atoms with Crippen molar-refractivity contribution in [3.8, 4) is 33.9 Å². The van der Waals surface area contributed by atoms with E-state index in [1.165, 1.54) is 32.6 Å². The molecule has 0 bridgehead atoms. The van der Waals surface area contributed by atoms with E-state index in [2.05, 4.69) is 183 Å². The second-order valence-electron chi connectivity index (χ2n) is 12.1. The molecule has 4 heteroatoms. The lowest BCUT2D eigenvalue weighted by Crippen LogP contribution is -1.94. The fourth-order valence-electron chi connectivity index (χ4n) is 7.35. The number of imidazole rings is 2. The summed E-state index contributed by atoms with van der Waals surface area (Å²) in [5.41, 5.74) is 11.1. The number of hydrogen-bond acceptors (Lipinski definition) is 1. The van der Waals surface area contributed by atoms with Gasteiger partial charge in [0, 0.05) is 33.3 Å². The molecule has 0 saturated heterocycles. The Hall–Kier alpha value is -6.39. The van der Waals surface area contributed by atoms with Gasteiger partial charge < -0.3 is 4.57 Å². The van der Waals surface area contributed by atoms with E-state index in [1.807, 2.05) is 0 Å². The van der Waals surface area contributed by atoms with Crippen molar-refractivity contribution in [1.82, 2.24) is 18.5 Å². The Labute approximate surface area is 271 Å². The number of aromatic nitrogens is 4. The average Bonchev–Trinajstić information content (AvgIpc) is 3.79. The van der Waals surface area contributed by atoms with Crippen LogP contribution in [0, 0.1) is 0 Å². The molecule has 0 fully saturated rings. The number of benzene rings is 7. The summed E-state index contributed by atoms with van der Waals surface area (Å²) in [7, 11) is 0. The van der Waals surface area contributed by atoms with E-state index in [0.29, 0.717) is 0 Å². The molecule has 0 spiro atoms. The van der Waals surface area contributed by atoms with Crippen LogP contribution >= 0.6 is 0 Å². The van der Waals surface area contributed by atoms with E-state index in [9.17, 15) is 0 Å². The second kappa shape index (κ2) is 10.1. The molecule has 3 heterocycles. The van der Waals surface area contributed by atoms with Crippen LogP contribution in [0.4, 0.5) is 0 Å². The lowest BCUT2D eigenvalue weighted by molar-refractivity contribution is 1.10. The van der Waals surface area contributed by atoms with Crippen molar-refractivity contribution in [2.45, 2.75) is 0 Å². The lowest BCUT2D eigenvalue weighted by Gasteiger charge is -2.10. The summed E-state index contributed by atoms with van der Waals surface area (Å²) in [6, 6.07) is 60.6. The largest absolute Gasteiger partial charge is 0.309 e. The van der Waals surface area contributed by atoms with Crippen LogP contribution in [0.25, 0.3) is 83.3 Å². The zero-order valence-corrected chi connectivity index (χ0v) is 25.5. The number of hydrogen-bond donors (Lipinski definition) is 0. The van der Waals surface area contributed by atoms with Gasteiger partial charge >= 0.3 is 0 Å². The molecular formula is C43H28N4. The molecule has 0 aliphatic heterocycles. The molecule has 0 atom stereocenters. The molecule has 0 radical (unpaired) electrons. The molecule has 0 N–H and O–H groups in total. The molecule has 10 aromatic rings. The Bertz CT molecular complexity index is 2780. The van der Waals surface area contributed by atoms with Crippen LogP contribution in [0.15, 0.2) is 170 Å².